The van der Waals surface area contributed by atoms with Gasteiger partial charge in [0.2, 0.25) is 0 Å². The summed E-state index contributed by atoms with van der Waals surface area (Å²) in [4.78, 5) is 25.0. The van der Waals surface area contributed by atoms with Crippen molar-refractivity contribution in [2.75, 3.05) is 6.54 Å². The molecule has 1 saturated heterocycles. The van der Waals surface area contributed by atoms with Gasteiger partial charge in [-0.2, -0.15) is 0 Å². The number of carboxylic acids is 1. The van der Waals surface area contributed by atoms with Crippen molar-refractivity contribution < 1.29 is 19.1 Å². The highest BCUT2D eigenvalue weighted by Gasteiger charge is 2.32. The smallest absolute Gasteiger partial charge is 0.306 e. The van der Waals surface area contributed by atoms with Crippen LogP contribution >= 0.6 is 15.9 Å². The zero-order valence-electron chi connectivity index (χ0n) is 11.0. The van der Waals surface area contributed by atoms with Gasteiger partial charge < -0.3 is 10.0 Å². The number of rotatable bonds is 2. The monoisotopic (exact) mass is 343 g/mol. The Morgan fingerprint density at radius 2 is 2.10 bits per heavy atom. The second-order valence-corrected chi connectivity index (χ2v) is 5.98. The summed E-state index contributed by atoms with van der Waals surface area (Å²) in [5.41, 5.74) is 0.275. The molecule has 0 aromatic heterocycles. The molecule has 0 saturated carbocycles. The summed E-state index contributed by atoms with van der Waals surface area (Å²) in [7, 11) is 0. The van der Waals surface area contributed by atoms with Gasteiger partial charge in [-0.25, -0.2) is 4.39 Å². The molecule has 1 aromatic carbocycles. The van der Waals surface area contributed by atoms with Gasteiger partial charge in [0.05, 0.1) is 5.92 Å². The van der Waals surface area contributed by atoms with E-state index in [1.165, 1.54) is 12.1 Å². The predicted octanol–water partition coefficient (Wildman–Crippen LogP) is 2.91. The fourth-order valence-corrected chi connectivity index (χ4v) is 3.01. The number of carboxylic acid groups (broad SMARTS) is 1. The van der Waals surface area contributed by atoms with Crippen molar-refractivity contribution >= 4 is 27.8 Å². The highest BCUT2D eigenvalue weighted by molar-refractivity contribution is 9.10. The van der Waals surface area contributed by atoms with Crippen LogP contribution in [0.5, 0.6) is 0 Å². The summed E-state index contributed by atoms with van der Waals surface area (Å²) >= 11 is 3.16. The van der Waals surface area contributed by atoms with E-state index in [1.54, 1.807) is 11.0 Å². The summed E-state index contributed by atoms with van der Waals surface area (Å²) in [6, 6.07) is 3.89. The third-order valence-electron chi connectivity index (χ3n) is 3.60. The minimum Gasteiger partial charge on any atom is -0.481 e. The van der Waals surface area contributed by atoms with Gasteiger partial charge in [0, 0.05) is 22.6 Å². The number of nitrogens with zero attached hydrogens (tertiary/aromatic N) is 1. The lowest BCUT2D eigenvalue weighted by Crippen LogP contribution is -2.46. The van der Waals surface area contributed by atoms with Gasteiger partial charge in [-0.1, -0.05) is 15.9 Å². The van der Waals surface area contributed by atoms with Gasteiger partial charge in [-0.05, 0) is 38.0 Å². The van der Waals surface area contributed by atoms with Crippen LogP contribution in [-0.2, 0) is 4.79 Å². The lowest BCUT2D eigenvalue weighted by atomic mass is 9.91. The summed E-state index contributed by atoms with van der Waals surface area (Å²) in [6.45, 7) is 2.20. The third-order valence-corrected chi connectivity index (χ3v) is 4.05. The van der Waals surface area contributed by atoms with Crippen molar-refractivity contribution in [2.45, 2.75) is 25.8 Å². The van der Waals surface area contributed by atoms with Gasteiger partial charge in [0.25, 0.3) is 5.91 Å². The van der Waals surface area contributed by atoms with Crippen molar-refractivity contribution in [1.82, 2.24) is 4.90 Å². The Hall–Kier alpha value is -1.43. The summed E-state index contributed by atoms with van der Waals surface area (Å²) < 4.78 is 13.9. The molecule has 2 rings (SSSR count). The minimum atomic E-state index is -0.822. The first-order valence-electron chi connectivity index (χ1n) is 6.38. The second-order valence-electron chi connectivity index (χ2n) is 5.07. The van der Waals surface area contributed by atoms with Gasteiger partial charge in [0.1, 0.15) is 5.82 Å². The molecule has 2 atom stereocenters. The molecule has 108 valence electrons. The molecule has 1 amide bonds. The molecule has 6 heteroatoms. The van der Waals surface area contributed by atoms with E-state index in [-0.39, 0.29) is 17.5 Å². The van der Waals surface area contributed by atoms with Crippen LogP contribution in [0, 0.1) is 11.7 Å². The molecular weight excluding hydrogens is 329 g/mol. The van der Waals surface area contributed by atoms with Gasteiger partial charge in [-0.3, -0.25) is 9.59 Å². The van der Waals surface area contributed by atoms with Gasteiger partial charge in [-0.15, -0.1) is 0 Å². The number of hydrogen-bond donors (Lipinski definition) is 1. The van der Waals surface area contributed by atoms with E-state index in [2.05, 4.69) is 15.9 Å². The summed E-state index contributed by atoms with van der Waals surface area (Å²) in [5, 5.41) is 9.01. The van der Waals surface area contributed by atoms with Crippen LogP contribution in [0.15, 0.2) is 22.7 Å². The van der Waals surface area contributed by atoms with E-state index in [9.17, 15) is 14.0 Å². The predicted molar refractivity (Wildman–Crippen MR) is 75.0 cm³/mol. The molecule has 1 aliphatic rings. The number of aliphatic carboxylic acids is 1. The number of hydrogen-bond acceptors (Lipinski definition) is 2. The zero-order chi connectivity index (χ0) is 14.9. The Kier molecular flexibility index (Phi) is 4.42. The van der Waals surface area contributed by atoms with Crippen molar-refractivity contribution in [2.24, 2.45) is 5.92 Å². The van der Waals surface area contributed by atoms with Crippen LogP contribution < -0.4 is 0 Å². The lowest BCUT2D eigenvalue weighted by Gasteiger charge is -2.36. The van der Waals surface area contributed by atoms with Crippen LogP contribution in [-0.4, -0.2) is 34.5 Å². The molecule has 0 bridgehead atoms. The Labute approximate surface area is 124 Å². The second kappa shape index (κ2) is 5.91. The van der Waals surface area contributed by atoms with E-state index in [1.807, 2.05) is 6.92 Å². The highest BCUT2D eigenvalue weighted by Crippen LogP contribution is 2.25. The number of likely N-dealkylation sites (tertiary alicyclic amines) is 1. The quantitative estimate of drug-likeness (QED) is 0.898. The molecule has 0 spiro atoms. The molecule has 0 radical (unpaired) electrons. The zero-order valence-corrected chi connectivity index (χ0v) is 12.6. The molecule has 1 aliphatic heterocycles. The van der Waals surface area contributed by atoms with Crippen molar-refractivity contribution in [3.05, 3.63) is 34.1 Å². The number of piperidine rings is 1. The molecule has 0 aliphatic carbocycles. The molecule has 2 unspecified atom stereocenters. The van der Waals surface area contributed by atoms with Crippen molar-refractivity contribution in [3.63, 3.8) is 0 Å². The number of amides is 1. The number of halogens is 2. The summed E-state index contributed by atoms with van der Waals surface area (Å²) in [5.74, 6) is -1.97. The third kappa shape index (κ3) is 3.17. The fourth-order valence-electron chi connectivity index (χ4n) is 2.54. The summed E-state index contributed by atoms with van der Waals surface area (Å²) in [6.07, 6.45) is 0.861. The Balaban J connectivity index is 2.15. The minimum absolute atomic E-state index is 0.167. The van der Waals surface area contributed by atoms with Crippen LogP contribution in [0.25, 0.3) is 0 Å². The molecule has 1 fully saturated rings. The van der Waals surface area contributed by atoms with E-state index in [0.717, 1.165) is 0 Å². The SMILES string of the molecule is CC1CC(C(=O)O)CCN1C(=O)c1cc(F)cc(Br)c1. The first kappa shape index (κ1) is 15.0. The number of benzene rings is 1. The highest BCUT2D eigenvalue weighted by atomic mass is 79.9. The van der Waals surface area contributed by atoms with Crippen molar-refractivity contribution in [1.29, 1.82) is 0 Å². The Bertz CT molecular complexity index is 529. The van der Waals surface area contributed by atoms with Crippen LogP contribution in [0.3, 0.4) is 0 Å². The van der Waals surface area contributed by atoms with E-state index >= 15 is 0 Å². The van der Waals surface area contributed by atoms with Gasteiger partial charge in [0.15, 0.2) is 0 Å². The van der Waals surface area contributed by atoms with E-state index in [0.29, 0.717) is 23.9 Å². The average Bonchev–Trinajstić information content (AvgIpc) is 2.36. The molecule has 1 heterocycles. The average molecular weight is 344 g/mol. The Morgan fingerprint density at radius 1 is 1.40 bits per heavy atom. The van der Waals surface area contributed by atoms with Crippen LogP contribution in [0.2, 0.25) is 0 Å². The number of carbonyl (C=O) groups excluding carboxylic acids is 1. The number of carbonyl (C=O) groups is 2. The largest absolute Gasteiger partial charge is 0.481 e. The normalized spacial score (nSPS) is 22.6. The first-order chi connectivity index (χ1) is 9.38. The van der Waals surface area contributed by atoms with Gasteiger partial charge >= 0.3 is 5.97 Å². The van der Waals surface area contributed by atoms with Crippen molar-refractivity contribution in [3.8, 4) is 0 Å². The van der Waals surface area contributed by atoms with E-state index < -0.39 is 17.7 Å². The van der Waals surface area contributed by atoms with E-state index in [4.69, 9.17) is 5.11 Å². The maximum absolute atomic E-state index is 13.3. The molecule has 1 N–H and O–H groups in total. The standard InChI is InChI=1S/C14H15BrFNO3/c1-8-4-9(14(19)20)2-3-17(8)13(18)10-5-11(15)7-12(16)6-10/h5-9H,2-4H2,1H3,(H,19,20). The molecule has 4 nitrogen and oxygen atoms in total. The van der Waals surface area contributed by atoms with Crippen LogP contribution in [0.1, 0.15) is 30.1 Å². The first-order valence-corrected chi connectivity index (χ1v) is 7.17. The maximum Gasteiger partial charge on any atom is 0.306 e. The Morgan fingerprint density at radius 3 is 2.65 bits per heavy atom. The lowest BCUT2D eigenvalue weighted by molar-refractivity contribution is -0.143. The molecule has 20 heavy (non-hydrogen) atoms. The topological polar surface area (TPSA) is 57.6 Å². The molecule has 1 aromatic rings. The fraction of sp³-hybridized carbons (Fsp3) is 0.429. The maximum atomic E-state index is 13.3. The molecular formula is C14H15BrFNO3. The van der Waals surface area contributed by atoms with Crippen LogP contribution in [0.4, 0.5) is 4.39 Å².